The monoisotopic (exact) mass is 640 g/mol. The standard InChI is InChI=1S/C35H45ClN2O5S/c1-23-6-4-8-32(42-17-16-39)29-12-9-27(29)20-38-21-35(15-5-7-25-18-28(36)11-13-30(25)35)22-43-33-14-10-26(19-31(33)38)34(40)37-44(3,41)24(23)2/h4,8,10-11,13-14,18-19,23-24,27,29,32,39H,3,5-7,9,12,15-17,20-22H2,1-2H3,(H,37,40,41)/b8-4+/t23-,24+,27-,29+,32-,35-,44?/m0/s1. The number of fused-ring (bicyclic) bond motifs is 4. The van der Waals surface area contributed by atoms with Crippen molar-refractivity contribution in [1.29, 1.82) is 0 Å². The molecular formula is C35H45ClN2O5S. The van der Waals surface area contributed by atoms with Crippen LogP contribution in [0.25, 0.3) is 0 Å². The molecule has 44 heavy (non-hydrogen) atoms. The molecule has 2 N–H and O–H groups in total. The van der Waals surface area contributed by atoms with E-state index in [0.717, 1.165) is 61.7 Å². The number of hydrogen-bond donors (Lipinski definition) is 2. The maximum absolute atomic E-state index is 13.7. The first-order chi connectivity index (χ1) is 21.1. The molecule has 1 spiro atoms. The fourth-order valence-electron chi connectivity index (χ4n) is 7.61. The van der Waals surface area contributed by atoms with Crippen LogP contribution in [0.4, 0.5) is 5.69 Å². The number of ether oxygens (including phenoxy) is 2. The number of hydrogen-bond acceptors (Lipinski definition) is 6. The van der Waals surface area contributed by atoms with Crippen molar-refractivity contribution in [2.24, 2.45) is 17.8 Å². The first kappa shape index (κ1) is 31.5. The van der Waals surface area contributed by atoms with E-state index in [2.05, 4.69) is 39.8 Å². The van der Waals surface area contributed by atoms with Gasteiger partial charge in [-0.15, -0.1) is 0 Å². The summed E-state index contributed by atoms with van der Waals surface area (Å²) in [6.45, 7) is 6.28. The second-order valence-electron chi connectivity index (χ2n) is 13.4. The number of benzene rings is 2. The van der Waals surface area contributed by atoms with Crippen molar-refractivity contribution in [2.75, 3.05) is 37.8 Å². The second kappa shape index (κ2) is 12.7. The van der Waals surface area contributed by atoms with Crippen molar-refractivity contribution in [3.05, 3.63) is 70.3 Å². The van der Waals surface area contributed by atoms with E-state index in [-0.39, 0.29) is 41.8 Å². The SMILES string of the molecule is C=S1(=O)NC(=O)c2ccc3c(c2)N(C[C@@H]2CC[C@H]2[C@@H](OCCO)/C=C/C[C@H](C)[C@H]1C)C[C@@]1(CCCc2cc(Cl)ccc21)CO3. The van der Waals surface area contributed by atoms with Crippen LogP contribution in [0.15, 0.2) is 48.6 Å². The van der Waals surface area contributed by atoms with Crippen molar-refractivity contribution in [1.82, 2.24) is 4.72 Å². The lowest BCUT2D eigenvalue weighted by molar-refractivity contribution is -0.0258. The highest BCUT2D eigenvalue weighted by Crippen LogP contribution is 2.47. The molecular weight excluding hydrogens is 596 g/mol. The number of nitrogens with one attached hydrogen (secondary N) is 1. The van der Waals surface area contributed by atoms with Crippen LogP contribution in [0.3, 0.4) is 0 Å². The highest BCUT2D eigenvalue weighted by atomic mass is 35.5. The van der Waals surface area contributed by atoms with E-state index in [0.29, 0.717) is 30.4 Å². The molecule has 4 aliphatic rings. The van der Waals surface area contributed by atoms with Crippen LogP contribution in [0.1, 0.15) is 67.4 Å². The summed E-state index contributed by atoms with van der Waals surface area (Å²) < 4.78 is 29.3. The molecule has 7 atom stereocenters. The van der Waals surface area contributed by atoms with Gasteiger partial charge in [-0.1, -0.05) is 36.7 Å². The number of halogens is 1. The lowest BCUT2D eigenvalue weighted by Crippen LogP contribution is -2.49. The Morgan fingerprint density at radius 3 is 2.84 bits per heavy atom. The maximum atomic E-state index is 13.7. The molecule has 2 heterocycles. The number of carbonyl (C=O) groups is 1. The number of aliphatic hydroxyl groups is 1. The summed E-state index contributed by atoms with van der Waals surface area (Å²) in [5, 5.41) is 9.99. The van der Waals surface area contributed by atoms with Crippen LogP contribution in [-0.2, 0) is 26.3 Å². The Kier molecular flexibility index (Phi) is 9.08. The van der Waals surface area contributed by atoms with Crippen LogP contribution in [0.5, 0.6) is 5.75 Å². The van der Waals surface area contributed by atoms with Gasteiger partial charge >= 0.3 is 0 Å². The lowest BCUT2D eigenvalue weighted by atomic mass is 9.68. The second-order valence-corrected chi connectivity index (χ2v) is 16.2. The molecule has 2 aromatic rings. The molecule has 1 amide bonds. The van der Waals surface area contributed by atoms with Gasteiger partial charge in [0.25, 0.3) is 5.91 Å². The molecule has 2 aliphatic heterocycles. The van der Waals surface area contributed by atoms with Gasteiger partial charge in [-0.05, 0) is 111 Å². The zero-order valence-electron chi connectivity index (χ0n) is 25.8. The molecule has 9 heteroatoms. The predicted octanol–water partition coefficient (Wildman–Crippen LogP) is 5.56. The molecule has 1 fully saturated rings. The molecule has 0 aromatic heterocycles. The third kappa shape index (κ3) is 6.15. The molecule has 6 rings (SSSR count). The Morgan fingerprint density at radius 1 is 1.23 bits per heavy atom. The average molecular weight is 641 g/mol. The van der Waals surface area contributed by atoms with Crippen LogP contribution in [-0.4, -0.2) is 65.4 Å². The number of nitrogens with zero attached hydrogens (tertiary/aromatic N) is 1. The van der Waals surface area contributed by atoms with Gasteiger partial charge in [0, 0.05) is 34.3 Å². The zero-order valence-corrected chi connectivity index (χ0v) is 27.4. The van der Waals surface area contributed by atoms with E-state index in [4.69, 9.17) is 21.1 Å². The smallest absolute Gasteiger partial charge is 0.262 e. The normalized spacial score (nSPS) is 34.5. The molecule has 238 valence electrons. The molecule has 7 nitrogen and oxygen atoms in total. The van der Waals surface area contributed by atoms with Crippen LogP contribution < -0.4 is 14.4 Å². The quantitative estimate of drug-likeness (QED) is 0.337. The summed E-state index contributed by atoms with van der Waals surface area (Å²) in [4.78, 5) is 16.0. The minimum atomic E-state index is -2.93. The summed E-state index contributed by atoms with van der Waals surface area (Å²) >= 11 is 6.43. The van der Waals surface area contributed by atoms with Gasteiger partial charge in [-0.25, -0.2) is 4.21 Å². The van der Waals surface area contributed by atoms with Gasteiger partial charge in [-0.3, -0.25) is 9.52 Å². The third-order valence-electron chi connectivity index (χ3n) is 10.6. The first-order valence-electron chi connectivity index (χ1n) is 16.0. The minimum Gasteiger partial charge on any atom is -0.490 e. The number of amides is 1. The van der Waals surface area contributed by atoms with Crippen molar-refractivity contribution < 1.29 is 23.6 Å². The lowest BCUT2D eigenvalue weighted by Gasteiger charge is -2.46. The summed E-state index contributed by atoms with van der Waals surface area (Å²) in [6, 6.07) is 11.8. The summed E-state index contributed by atoms with van der Waals surface area (Å²) in [6.07, 6.45) is 10.0. The molecule has 2 bridgehead atoms. The summed E-state index contributed by atoms with van der Waals surface area (Å²) in [7, 11) is -2.93. The van der Waals surface area contributed by atoms with E-state index >= 15 is 0 Å². The van der Waals surface area contributed by atoms with Gasteiger partial charge in [0.1, 0.15) is 5.75 Å². The Morgan fingerprint density at radius 2 is 2.07 bits per heavy atom. The summed E-state index contributed by atoms with van der Waals surface area (Å²) in [5.74, 6) is 5.05. The Balaban J connectivity index is 1.42. The fourth-order valence-corrected chi connectivity index (χ4v) is 9.28. The van der Waals surface area contributed by atoms with E-state index in [9.17, 15) is 14.1 Å². The van der Waals surface area contributed by atoms with Crippen molar-refractivity contribution in [2.45, 2.75) is 69.1 Å². The Labute approximate surface area is 267 Å². The number of aryl methyl sites for hydroxylation is 1. The van der Waals surface area contributed by atoms with E-state index in [1.165, 1.54) is 11.1 Å². The van der Waals surface area contributed by atoms with E-state index in [1.807, 2.05) is 32.0 Å². The number of aliphatic hydroxyl groups excluding tert-OH is 1. The topological polar surface area (TPSA) is 88.1 Å². The highest BCUT2D eigenvalue weighted by Gasteiger charge is 2.44. The highest BCUT2D eigenvalue weighted by molar-refractivity contribution is 7.99. The number of carbonyl (C=O) groups excluding carboxylic acids is 1. The van der Waals surface area contributed by atoms with E-state index in [1.54, 1.807) is 6.07 Å². The van der Waals surface area contributed by atoms with Crippen molar-refractivity contribution >= 4 is 38.8 Å². The van der Waals surface area contributed by atoms with Gasteiger partial charge < -0.3 is 19.5 Å². The number of anilines is 1. The molecule has 2 aliphatic carbocycles. The van der Waals surface area contributed by atoms with Crippen molar-refractivity contribution in [3.8, 4) is 5.75 Å². The van der Waals surface area contributed by atoms with Crippen LogP contribution in [0, 0.1) is 17.8 Å². The molecule has 0 saturated heterocycles. The van der Waals surface area contributed by atoms with Crippen molar-refractivity contribution in [3.63, 3.8) is 0 Å². The Hall–Kier alpha value is -2.52. The van der Waals surface area contributed by atoms with E-state index < -0.39 is 9.71 Å². The molecule has 0 radical (unpaired) electrons. The predicted molar refractivity (Wildman–Crippen MR) is 178 cm³/mol. The molecule has 2 aromatic carbocycles. The van der Waals surface area contributed by atoms with Gasteiger partial charge in [0.15, 0.2) is 0 Å². The number of rotatable bonds is 3. The molecule has 1 unspecified atom stereocenters. The van der Waals surface area contributed by atoms with Gasteiger partial charge in [0.05, 0.1) is 41.3 Å². The molecule has 1 saturated carbocycles. The van der Waals surface area contributed by atoms with Crippen LogP contribution >= 0.6 is 11.6 Å². The van der Waals surface area contributed by atoms with Gasteiger partial charge in [0.2, 0.25) is 0 Å². The van der Waals surface area contributed by atoms with Gasteiger partial charge in [-0.2, -0.15) is 0 Å². The average Bonchev–Trinajstić information content (AvgIpc) is 3.13. The largest absolute Gasteiger partial charge is 0.490 e. The zero-order chi connectivity index (χ0) is 31.1. The third-order valence-corrected chi connectivity index (χ3v) is 13.0. The fraction of sp³-hybridized carbons (Fsp3) is 0.543. The Bertz CT molecular complexity index is 1530. The minimum absolute atomic E-state index is 0.0238. The summed E-state index contributed by atoms with van der Waals surface area (Å²) in [5.41, 5.74) is 3.68. The maximum Gasteiger partial charge on any atom is 0.262 e. The number of allylic oxidation sites excluding steroid dienone is 1. The van der Waals surface area contributed by atoms with Crippen LogP contribution in [0.2, 0.25) is 5.02 Å². The first-order valence-corrected chi connectivity index (χ1v) is 18.1.